The average molecular weight is 283 g/mol. The van der Waals surface area contributed by atoms with Gasteiger partial charge in [0.1, 0.15) is 11.5 Å². The van der Waals surface area contributed by atoms with Gasteiger partial charge in [0.25, 0.3) is 0 Å². The Balaban J connectivity index is 2.38. The van der Waals surface area contributed by atoms with E-state index in [0.29, 0.717) is 22.6 Å². The van der Waals surface area contributed by atoms with Crippen LogP contribution in [0.1, 0.15) is 0 Å². The molecule has 0 aliphatic rings. The van der Waals surface area contributed by atoms with Crippen molar-refractivity contribution in [3.8, 4) is 22.6 Å². The number of methoxy groups -OCH3 is 1. The molecule has 2 N–H and O–H groups in total. The summed E-state index contributed by atoms with van der Waals surface area (Å²) < 4.78 is 45.6. The van der Waals surface area contributed by atoms with Crippen LogP contribution in [0.25, 0.3) is 11.1 Å². The van der Waals surface area contributed by atoms with Gasteiger partial charge in [-0.1, -0.05) is 12.1 Å². The third-order valence-corrected chi connectivity index (χ3v) is 2.57. The lowest BCUT2D eigenvalue weighted by Crippen LogP contribution is -2.17. The van der Waals surface area contributed by atoms with Gasteiger partial charge in [-0.3, -0.25) is 0 Å². The Kier molecular flexibility index (Phi) is 3.74. The minimum absolute atomic E-state index is 0.281. The van der Waals surface area contributed by atoms with Gasteiger partial charge in [0.05, 0.1) is 7.11 Å². The molecular weight excluding hydrogens is 271 g/mol. The first kappa shape index (κ1) is 14.0. The standard InChI is InChI=1S/C14H12F3NO2/c1-19-13-7-10(5-11(18)8-13)9-3-2-4-12(6-9)20-14(15,16)17/h2-8H,18H2,1H3. The fourth-order valence-electron chi connectivity index (χ4n) is 1.78. The lowest BCUT2D eigenvalue weighted by molar-refractivity contribution is -0.274. The summed E-state index contributed by atoms with van der Waals surface area (Å²) >= 11 is 0. The molecule has 0 aliphatic carbocycles. The van der Waals surface area contributed by atoms with Crippen molar-refractivity contribution in [1.82, 2.24) is 0 Å². The van der Waals surface area contributed by atoms with Gasteiger partial charge in [-0.05, 0) is 35.4 Å². The first-order chi connectivity index (χ1) is 9.37. The van der Waals surface area contributed by atoms with Crippen molar-refractivity contribution in [2.75, 3.05) is 12.8 Å². The van der Waals surface area contributed by atoms with Gasteiger partial charge < -0.3 is 15.2 Å². The Morgan fingerprint density at radius 1 is 0.950 bits per heavy atom. The molecule has 0 fully saturated rings. The van der Waals surface area contributed by atoms with Crippen molar-refractivity contribution in [3.05, 3.63) is 42.5 Å². The van der Waals surface area contributed by atoms with E-state index in [0.717, 1.165) is 0 Å². The predicted molar refractivity (Wildman–Crippen MR) is 69.5 cm³/mol. The minimum Gasteiger partial charge on any atom is -0.497 e. The van der Waals surface area contributed by atoms with Gasteiger partial charge in [-0.2, -0.15) is 0 Å². The third kappa shape index (κ3) is 3.57. The van der Waals surface area contributed by atoms with E-state index in [1.807, 2.05) is 0 Å². The minimum atomic E-state index is -4.72. The largest absolute Gasteiger partial charge is 0.573 e. The smallest absolute Gasteiger partial charge is 0.497 e. The number of halogens is 3. The monoisotopic (exact) mass is 283 g/mol. The van der Waals surface area contributed by atoms with Crippen molar-refractivity contribution < 1.29 is 22.6 Å². The zero-order valence-corrected chi connectivity index (χ0v) is 10.6. The Hall–Kier alpha value is -2.37. The van der Waals surface area contributed by atoms with E-state index in [4.69, 9.17) is 10.5 Å². The molecule has 0 saturated carbocycles. The molecule has 0 unspecified atom stereocenters. The van der Waals surface area contributed by atoms with Crippen LogP contribution in [0, 0.1) is 0 Å². The van der Waals surface area contributed by atoms with Crippen molar-refractivity contribution in [1.29, 1.82) is 0 Å². The fourth-order valence-corrected chi connectivity index (χ4v) is 1.78. The summed E-state index contributed by atoms with van der Waals surface area (Å²) in [5.74, 6) is 0.249. The molecule has 6 heteroatoms. The van der Waals surface area contributed by atoms with Crippen molar-refractivity contribution in [3.63, 3.8) is 0 Å². The Labute approximate surface area is 113 Å². The maximum atomic E-state index is 12.2. The van der Waals surface area contributed by atoms with Crippen LogP contribution in [0.5, 0.6) is 11.5 Å². The molecule has 106 valence electrons. The van der Waals surface area contributed by atoms with Crippen LogP contribution in [-0.2, 0) is 0 Å². The van der Waals surface area contributed by atoms with E-state index in [9.17, 15) is 13.2 Å². The Bertz CT molecular complexity index is 612. The van der Waals surface area contributed by atoms with E-state index in [2.05, 4.69) is 4.74 Å². The lowest BCUT2D eigenvalue weighted by atomic mass is 10.0. The summed E-state index contributed by atoms with van der Waals surface area (Å²) in [6.45, 7) is 0. The second kappa shape index (κ2) is 5.32. The first-order valence-corrected chi connectivity index (χ1v) is 5.68. The number of anilines is 1. The molecular formula is C14H12F3NO2. The molecule has 0 radical (unpaired) electrons. The molecule has 0 heterocycles. The average Bonchev–Trinajstić information content (AvgIpc) is 2.36. The number of hydrogen-bond acceptors (Lipinski definition) is 3. The summed E-state index contributed by atoms with van der Waals surface area (Å²) in [5.41, 5.74) is 7.38. The summed E-state index contributed by atoms with van der Waals surface area (Å²) in [5, 5.41) is 0. The Morgan fingerprint density at radius 2 is 1.65 bits per heavy atom. The highest BCUT2D eigenvalue weighted by Crippen LogP contribution is 2.31. The van der Waals surface area contributed by atoms with Crippen molar-refractivity contribution in [2.45, 2.75) is 6.36 Å². The van der Waals surface area contributed by atoms with Crippen LogP contribution in [0.2, 0.25) is 0 Å². The number of alkyl halides is 3. The molecule has 3 nitrogen and oxygen atoms in total. The number of hydrogen-bond donors (Lipinski definition) is 1. The summed E-state index contributed by atoms with van der Waals surface area (Å²) in [6, 6.07) is 10.6. The first-order valence-electron chi connectivity index (χ1n) is 5.68. The van der Waals surface area contributed by atoms with E-state index in [-0.39, 0.29) is 5.75 Å². The summed E-state index contributed by atoms with van der Waals surface area (Å²) in [7, 11) is 1.49. The topological polar surface area (TPSA) is 44.5 Å². The van der Waals surface area contributed by atoms with E-state index >= 15 is 0 Å². The van der Waals surface area contributed by atoms with E-state index in [1.54, 1.807) is 24.3 Å². The van der Waals surface area contributed by atoms with E-state index in [1.165, 1.54) is 25.3 Å². The molecule has 2 aromatic carbocycles. The van der Waals surface area contributed by atoms with Crippen LogP contribution < -0.4 is 15.2 Å². The third-order valence-electron chi connectivity index (χ3n) is 2.57. The van der Waals surface area contributed by atoms with Crippen LogP contribution in [-0.4, -0.2) is 13.5 Å². The maximum Gasteiger partial charge on any atom is 0.573 e. The highest BCUT2D eigenvalue weighted by molar-refractivity contribution is 5.70. The van der Waals surface area contributed by atoms with Gasteiger partial charge >= 0.3 is 6.36 Å². The SMILES string of the molecule is COc1cc(N)cc(-c2cccc(OC(F)(F)F)c2)c1. The van der Waals surface area contributed by atoms with E-state index < -0.39 is 6.36 Å². The zero-order valence-electron chi connectivity index (χ0n) is 10.6. The van der Waals surface area contributed by atoms with Gasteiger partial charge in [-0.25, -0.2) is 0 Å². The predicted octanol–water partition coefficient (Wildman–Crippen LogP) is 3.84. The van der Waals surface area contributed by atoms with Crippen molar-refractivity contribution in [2.24, 2.45) is 0 Å². The molecule has 2 rings (SSSR count). The molecule has 0 aromatic heterocycles. The lowest BCUT2D eigenvalue weighted by Gasteiger charge is -2.11. The highest BCUT2D eigenvalue weighted by Gasteiger charge is 2.31. The summed E-state index contributed by atoms with van der Waals surface area (Å²) in [6.07, 6.45) is -4.72. The summed E-state index contributed by atoms with van der Waals surface area (Å²) in [4.78, 5) is 0. The highest BCUT2D eigenvalue weighted by atomic mass is 19.4. The molecule has 0 aliphatic heterocycles. The number of nitrogen functional groups attached to an aromatic ring is 1. The van der Waals surface area contributed by atoms with Crippen LogP contribution >= 0.6 is 0 Å². The second-order valence-electron chi connectivity index (χ2n) is 4.07. The maximum absolute atomic E-state index is 12.2. The number of rotatable bonds is 3. The zero-order chi connectivity index (χ0) is 14.8. The fraction of sp³-hybridized carbons (Fsp3) is 0.143. The van der Waals surface area contributed by atoms with Crippen LogP contribution in [0.15, 0.2) is 42.5 Å². The quantitative estimate of drug-likeness (QED) is 0.870. The molecule has 2 aromatic rings. The van der Waals surface area contributed by atoms with Gasteiger partial charge in [0.15, 0.2) is 0 Å². The molecule has 0 atom stereocenters. The van der Waals surface area contributed by atoms with Gasteiger partial charge in [0.2, 0.25) is 0 Å². The number of ether oxygens (including phenoxy) is 2. The molecule has 20 heavy (non-hydrogen) atoms. The van der Waals surface area contributed by atoms with Crippen LogP contribution in [0.4, 0.5) is 18.9 Å². The molecule has 0 spiro atoms. The van der Waals surface area contributed by atoms with Crippen molar-refractivity contribution >= 4 is 5.69 Å². The molecule has 0 saturated heterocycles. The second-order valence-corrected chi connectivity index (χ2v) is 4.07. The van der Waals surface area contributed by atoms with Gasteiger partial charge in [0, 0.05) is 11.8 Å². The van der Waals surface area contributed by atoms with Gasteiger partial charge in [-0.15, -0.1) is 13.2 Å². The molecule has 0 bridgehead atoms. The van der Waals surface area contributed by atoms with Crippen LogP contribution in [0.3, 0.4) is 0 Å². The number of benzene rings is 2. The Morgan fingerprint density at radius 3 is 2.30 bits per heavy atom. The normalized spacial score (nSPS) is 11.2. The molecule has 0 amide bonds. The number of nitrogens with two attached hydrogens (primary N) is 1.